The highest BCUT2D eigenvalue weighted by molar-refractivity contribution is 4.93. The van der Waals surface area contributed by atoms with E-state index in [-0.39, 0.29) is 0 Å². The van der Waals surface area contributed by atoms with Gasteiger partial charge in [0.15, 0.2) is 0 Å². The second-order valence-electron chi connectivity index (χ2n) is 3.33. The lowest BCUT2D eigenvalue weighted by Gasteiger charge is -2.38. The molecule has 1 fully saturated rings. The molecule has 12 heavy (non-hydrogen) atoms. The van der Waals surface area contributed by atoms with Gasteiger partial charge in [-0.05, 0) is 7.05 Å². The molecule has 1 rings (SSSR count). The summed E-state index contributed by atoms with van der Waals surface area (Å²) in [6, 6.07) is 0.444. The summed E-state index contributed by atoms with van der Waals surface area (Å²) in [6.45, 7) is 4.61. The smallest absolute Gasteiger partial charge is 0.0602 e. The molecule has 1 atom stereocenters. The van der Waals surface area contributed by atoms with Crippen LogP contribution in [0.4, 0.5) is 0 Å². The molecule has 0 aromatic rings. The minimum atomic E-state index is 0.444. The fraction of sp³-hybridized carbons (Fsp3) is 0.778. The summed E-state index contributed by atoms with van der Waals surface area (Å²) in [4.78, 5) is 4.57. The molecule has 2 N–H and O–H groups in total. The van der Waals surface area contributed by atoms with Gasteiger partial charge < -0.3 is 10.6 Å². The molecule has 1 unspecified atom stereocenters. The van der Waals surface area contributed by atoms with E-state index in [4.69, 9.17) is 12.2 Å². The molecule has 3 nitrogen and oxygen atoms in total. The summed E-state index contributed by atoms with van der Waals surface area (Å²) in [5.74, 6) is 2.67. The van der Waals surface area contributed by atoms with Gasteiger partial charge in [0.25, 0.3) is 0 Å². The normalized spacial score (nSPS) is 26.9. The number of nitrogens with zero attached hydrogens (tertiary/aromatic N) is 2. The summed E-state index contributed by atoms with van der Waals surface area (Å²) in [7, 11) is 2.12. The van der Waals surface area contributed by atoms with E-state index in [1.54, 1.807) is 0 Å². The molecule has 0 spiro atoms. The van der Waals surface area contributed by atoms with Gasteiger partial charge in [-0.25, -0.2) is 0 Å². The Balaban J connectivity index is 2.45. The third-order valence-corrected chi connectivity index (χ3v) is 2.37. The highest BCUT2D eigenvalue weighted by Crippen LogP contribution is 2.05. The summed E-state index contributed by atoms with van der Waals surface area (Å²) < 4.78 is 0. The quantitative estimate of drug-likeness (QED) is 0.546. The maximum atomic E-state index is 5.65. The Bertz CT molecular complexity index is 173. The molecule has 0 aliphatic carbocycles. The average Bonchev–Trinajstić information content (AvgIpc) is 2.08. The van der Waals surface area contributed by atoms with Crippen LogP contribution in [0.1, 0.15) is 0 Å². The van der Waals surface area contributed by atoms with Gasteiger partial charge in [-0.15, -0.1) is 6.42 Å². The van der Waals surface area contributed by atoms with Crippen molar-refractivity contribution < 1.29 is 0 Å². The lowest BCUT2D eigenvalue weighted by atomic mass is 10.2. The number of piperazine rings is 1. The van der Waals surface area contributed by atoms with Crippen molar-refractivity contribution in [2.24, 2.45) is 5.73 Å². The van der Waals surface area contributed by atoms with Crippen molar-refractivity contribution in [1.82, 2.24) is 9.80 Å². The van der Waals surface area contributed by atoms with Crippen molar-refractivity contribution in [2.45, 2.75) is 6.04 Å². The van der Waals surface area contributed by atoms with Gasteiger partial charge in [0.2, 0.25) is 0 Å². The van der Waals surface area contributed by atoms with Crippen LogP contribution in [0.15, 0.2) is 0 Å². The standard InChI is InChI=1S/C9H17N3/c1-3-4-12-6-5-11(2)8-9(12)7-10/h1,9H,4-8,10H2,2H3. The molecule has 1 saturated heterocycles. The van der Waals surface area contributed by atoms with E-state index < -0.39 is 0 Å². The van der Waals surface area contributed by atoms with Crippen LogP contribution in [-0.4, -0.2) is 55.6 Å². The lowest BCUT2D eigenvalue weighted by Crippen LogP contribution is -2.54. The molecule has 0 saturated carbocycles. The fourth-order valence-electron chi connectivity index (χ4n) is 1.60. The summed E-state index contributed by atoms with van der Waals surface area (Å²) in [6.07, 6.45) is 5.26. The Kier molecular flexibility index (Phi) is 3.54. The van der Waals surface area contributed by atoms with Gasteiger partial charge >= 0.3 is 0 Å². The van der Waals surface area contributed by atoms with Crippen LogP contribution >= 0.6 is 0 Å². The molecular formula is C9H17N3. The van der Waals surface area contributed by atoms with E-state index in [1.807, 2.05) is 0 Å². The zero-order valence-electron chi connectivity index (χ0n) is 7.66. The number of likely N-dealkylation sites (N-methyl/N-ethyl adjacent to an activating group) is 1. The third kappa shape index (κ3) is 2.21. The highest BCUT2D eigenvalue weighted by Gasteiger charge is 2.22. The Morgan fingerprint density at radius 3 is 2.92 bits per heavy atom. The molecule has 1 aliphatic heterocycles. The Morgan fingerprint density at radius 2 is 2.33 bits per heavy atom. The van der Waals surface area contributed by atoms with Gasteiger partial charge in [0.1, 0.15) is 0 Å². The van der Waals surface area contributed by atoms with Crippen LogP contribution in [0.5, 0.6) is 0 Å². The first-order valence-corrected chi connectivity index (χ1v) is 4.34. The summed E-state index contributed by atoms with van der Waals surface area (Å²) in [5, 5.41) is 0. The molecule has 0 aromatic heterocycles. The molecule has 68 valence electrons. The maximum absolute atomic E-state index is 5.65. The van der Waals surface area contributed by atoms with Gasteiger partial charge in [-0.3, -0.25) is 4.90 Å². The lowest BCUT2D eigenvalue weighted by molar-refractivity contribution is 0.107. The van der Waals surface area contributed by atoms with Gasteiger partial charge in [0, 0.05) is 32.2 Å². The largest absolute Gasteiger partial charge is 0.329 e. The van der Waals surface area contributed by atoms with E-state index in [1.165, 1.54) is 0 Å². The van der Waals surface area contributed by atoms with Gasteiger partial charge in [0.05, 0.1) is 6.54 Å². The number of terminal acetylenes is 1. The van der Waals surface area contributed by atoms with Gasteiger partial charge in [-0.1, -0.05) is 5.92 Å². The van der Waals surface area contributed by atoms with Crippen LogP contribution in [0.25, 0.3) is 0 Å². The Morgan fingerprint density at radius 1 is 1.58 bits per heavy atom. The van der Waals surface area contributed by atoms with Crippen LogP contribution in [0, 0.1) is 12.3 Å². The van der Waals surface area contributed by atoms with Crippen LogP contribution < -0.4 is 5.73 Å². The number of rotatable bonds is 2. The third-order valence-electron chi connectivity index (χ3n) is 2.37. The molecular weight excluding hydrogens is 150 g/mol. The average molecular weight is 167 g/mol. The zero-order valence-corrected chi connectivity index (χ0v) is 7.66. The number of nitrogens with two attached hydrogens (primary N) is 1. The molecule has 1 heterocycles. The van der Waals surface area contributed by atoms with Crippen LogP contribution in [0.2, 0.25) is 0 Å². The minimum Gasteiger partial charge on any atom is -0.329 e. The van der Waals surface area contributed by atoms with Crippen LogP contribution in [-0.2, 0) is 0 Å². The molecule has 0 bridgehead atoms. The van der Waals surface area contributed by atoms with E-state index in [2.05, 4.69) is 22.8 Å². The first kappa shape index (κ1) is 9.53. The number of hydrogen-bond donors (Lipinski definition) is 1. The second kappa shape index (κ2) is 4.46. The van der Waals surface area contributed by atoms with Crippen molar-refractivity contribution in [1.29, 1.82) is 0 Å². The van der Waals surface area contributed by atoms with E-state index in [0.29, 0.717) is 12.6 Å². The molecule has 0 aromatic carbocycles. The van der Waals surface area contributed by atoms with Crippen molar-refractivity contribution in [3.05, 3.63) is 0 Å². The fourth-order valence-corrected chi connectivity index (χ4v) is 1.60. The maximum Gasteiger partial charge on any atom is 0.0602 e. The SMILES string of the molecule is C#CCN1CCN(C)CC1CN. The van der Waals surface area contributed by atoms with Gasteiger partial charge in [-0.2, -0.15) is 0 Å². The van der Waals surface area contributed by atoms with Crippen LogP contribution in [0.3, 0.4) is 0 Å². The van der Waals surface area contributed by atoms with E-state index >= 15 is 0 Å². The highest BCUT2D eigenvalue weighted by atomic mass is 15.3. The molecule has 3 heteroatoms. The number of hydrogen-bond acceptors (Lipinski definition) is 3. The predicted molar refractivity (Wildman–Crippen MR) is 50.7 cm³/mol. The molecule has 1 aliphatic rings. The molecule has 0 amide bonds. The van der Waals surface area contributed by atoms with E-state index in [9.17, 15) is 0 Å². The monoisotopic (exact) mass is 167 g/mol. The first-order valence-electron chi connectivity index (χ1n) is 4.34. The molecule has 0 radical (unpaired) electrons. The van der Waals surface area contributed by atoms with Crippen molar-refractivity contribution in [2.75, 3.05) is 39.8 Å². The zero-order chi connectivity index (χ0) is 8.97. The van der Waals surface area contributed by atoms with Crippen molar-refractivity contribution in [3.63, 3.8) is 0 Å². The second-order valence-corrected chi connectivity index (χ2v) is 3.33. The Hall–Kier alpha value is -0.560. The predicted octanol–water partition coefficient (Wildman–Crippen LogP) is -0.806. The van der Waals surface area contributed by atoms with Crippen molar-refractivity contribution in [3.8, 4) is 12.3 Å². The Labute approximate surface area is 74.5 Å². The first-order chi connectivity index (χ1) is 5.77. The van der Waals surface area contributed by atoms with E-state index in [0.717, 1.165) is 26.2 Å². The summed E-state index contributed by atoms with van der Waals surface area (Å²) in [5.41, 5.74) is 5.65. The summed E-state index contributed by atoms with van der Waals surface area (Å²) >= 11 is 0. The van der Waals surface area contributed by atoms with Crippen molar-refractivity contribution >= 4 is 0 Å². The topological polar surface area (TPSA) is 32.5 Å². The minimum absolute atomic E-state index is 0.444.